The van der Waals surface area contributed by atoms with Crippen molar-refractivity contribution in [3.05, 3.63) is 76.2 Å². The molecule has 1 amide bonds. The minimum atomic E-state index is -1.25. The van der Waals surface area contributed by atoms with Crippen molar-refractivity contribution in [2.75, 3.05) is 19.8 Å². The van der Waals surface area contributed by atoms with Gasteiger partial charge in [-0.15, -0.1) is 0 Å². The van der Waals surface area contributed by atoms with E-state index in [-0.39, 0.29) is 17.4 Å². The minimum Gasteiger partial charge on any atom is -0.490 e. The molecular formula is C24H26BrNO5S. The van der Waals surface area contributed by atoms with E-state index in [9.17, 15) is 9.00 Å². The van der Waals surface area contributed by atoms with Crippen LogP contribution in [0.25, 0.3) is 0 Å². The number of ether oxygens (including phenoxy) is 2. The molecule has 3 rings (SSSR count). The summed E-state index contributed by atoms with van der Waals surface area (Å²) in [4.78, 5) is 13.1. The summed E-state index contributed by atoms with van der Waals surface area (Å²) < 4.78 is 30.2. The van der Waals surface area contributed by atoms with E-state index in [0.29, 0.717) is 48.3 Å². The predicted octanol–water partition coefficient (Wildman–Crippen LogP) is 5.12. The normalized spacial score (nSPS) is 11.7. The van der Waals surface area contributed by atoms with Crippen LogP contribution in [-0.2, 0) is 23.0 Å². The summed E-state index contributed by atoms with van der Waals surface area (Å²) in [5.74, 6) is 2.03. The minimum absolute atomic E-state index is 0.203. The Bertz CT molecular complexity index is 1060. The lowest BCUT2D eigenvalue weighted by atomic mass is 10.1. The third-order valence-electron chi connectivity index (χ3n) is 4.54. The van der Waals surface area contributed by atoms with Crippen molar-refractivity contribution >= 4 is 32.6 Å². The van der Waals surface area contributed by atoms with Crippen LogP contribution in [-0.4, -0.2) is 29.9 Å². The second-order valence-corrected chi connectivity index (χ2v) is 9.23. The second kappa shape index (κ2) is 11.9. The van der Waals surface area contributed by atoms with Gasteiger partial charge in [0.2, 0.25) is 0 Å². The van der Waals surface area contributed by atoms with Gasteiger partial charge in [-0.25, -0.2) is 0 Å². The van der Waals surface area contributed by atoms with Gasteiger partial charge in [0.15, 0.2) is 17.3 Å². The molecule has 6 nitrogen and oxygen atoms in total. The average molecular weight is 520 g/mol. The van der Waals surface area contributed by atoms with Crippen LogP contribution < -0.4 is 14.8 Å². The molecule has 0 aliphatic carbocycles. The number of furan rings is 1. The SMILES string of the molecule is CCOc1ccc(CCNC(=O)c2ccc(C[S@@](=O)c3ccc(Br)cc3)o2)cc1OCC. The number of benzene rings is 2. The first-order chi connectivity index (χ1) is 15.5. The smallest absolute Gasteiger partial charge is 0.287 e. The summed E-state index contributed by atoms with van der Waals surface area (Å²) in [6.45, 7) is 5.41. The fourth-order valence-electron chi connectivity index (χ4n) is 3.03. The Balaban J connectivity index is 1.52. The molecule has 3 aromatic rings. The van der Waals surface area contributed by atoms with Crippen molar-refractivity contribution in [2.24, 2.45) is 0 Å². The van der Waals surface area contributed by atoms with E-state index in [1.807, 2.05) is 44.2 Å². The molecule has 0 spiro atoms. The first-order valence-electron chi connectivity index (χ1n) is 10.4. The first kappa shape index (κ1) is 24.1. The Labute approximate surface area is 198 Å². The zero-order chi connectivity index (χ0) is 22.9. The summed E-state index contributed by atoms with van der Waals surface area (Å²) in [5, 5.41) is 2.86. The third-order valence-corrected chi connectivity index (χ3v) is 6.42. The molecular weight excluding hydrogens is 494 g/mol. The van der Waals surface area contributed by atoms with Gasteiger partial charge in [-0.1, -0.05) is 22.0 Å². The van der Waals surface area contributed by atoms with Gasteiger partial charge in [0.05, 0.1) is 29.8 Å². The number of nitrogens with one attached hydrogen (secondary N) is 1. The fraction of sp³-hybridized carbons (Fsp3) is 0.292. The van der Waals surface area contributed by atoms with Crippen LogP contribution in [0.1, 0.15) is 35.7 Å². The van der Waals surface area contributed by atoms with Gasteiger partial charge in [0.25, 0.3) is 5.91 Å². The van der Waals surface area contributed by atoms with E-state index in [1.165, 1.54) is 0 Å². The number of rotatable bonds is 11. The topological polar surface area (TPSA) is 77.8 Å². The van der Waals surface area contributed by atoms with Crippen molar-refractivity contribution in [1.29, 1.82) is 0 Å². The standard InChI is InChI=1S/C24H26BrNO5S/c1-3-29-21-11-5-17(15-23(21)30-4-2)13-14-26-24(27)22-12-8-19(31-22)16-32(28)20-9-6-18(25)7-10-20/h5-12,15H,3-4,13-14,16H2,1-2H3,(H,26,27)/t32-/m1/s1. The zero-order valence-corrected chi connectivity index (χ0v) is 20.5. The third kappa shape index (κ3) is 6.71. The molecule has 0 aliphatic rings. The highest BCUT2D eigenvalue weighted by molar-refractivity contribution is 9.10. The Morgan fingerprint density at radius 2 is 1.72 bits per heavy atom. The van der Waals surface area contributed by atoms with Crippen molar-refractivity contribution in [3.63, 3.8) is 0 Å². The van der Waals surface area contributed by atoms with Crippen molar-refractivity contribution in [2.45, 2.75) is 30.9 Å². The van der Waals surface area contributed by atoms with Crippen LogP contribution in [0.15, 0.2) is 68.4 Å². The molecule has 0 fully saturated rings. The van der Waals surface area contributed by atoms with E-state index in [0.717, 1.165) is 10.0 Å². The van der Waals surface area contributed by atoms with Crippen molar-refractivity contribution < 1.29 is 22.9 Å². The van der Waals surface area contributed by atoms with Crippen LogP contribution in [0.2, 0.25) is 0 Å². The summed E-state index contributed by atoms with van der Waals surface area (Å²) >= 11 is 3.36. The number of amides is 1. The van der Waals surface area contributed by atoms with Gasteiger partial charge in [0.1, 0.15) is 5.76 Å². The van der Waals surface area contributed by atoms with Crippen LogP contribution in [0, 0.1) is 0 Å². The van der Waals surface area contributed by atoms with Gasteiger partial charge in [-0.2, -0.15) is 0 Å². The summed E-state index contributed by atoms with van der Waals surface area (Å²) in [7, 11) is -1.25. The Morgan fingerprint density at radius 1 is 1.00 bits per heavy atom. The molecule has 0 bridgehead atoms. The first-order valence-corrected chi connectivity index (χ1v) is 12.5. The maximum Gasteiger partial charge on any atom is 0.287 e. The number of carbonyl (C=O) groups is 1. The number of halogens is 1. The summed E-state index contributed by atoms with van der Waals surface area (Å²) in [6, 6.07) is 16.4. The molecule has 1 heterocycles. The molecule has 0 radical (unpaired) electrons. The number of hydrogen-bond donors (Lipinski definition) is 1. The molecule has 1 aromatic heterocycles. The fourth-order valence-corrected chi connectivity index (χ4v) is 4.32. The van der Waals surface area contributed by atoms with Gasteiger partial charge >= 0.3 is 0 Å². The van der Waals surface area contributed by atoms with E-state index in [2.05, 4.69) is 21.2 Å². The lowest BCUT2D eigenvalue weighted by molar-refractivity contribution is 0.0925. The molecule has 0 unspecified atom stereocenters. The summed E-state index contributed by atoms with van der Waals surface area (Å²) in [6.07, 6.45) is 0.638. The largest absolute Gasteiger partial charge is 0.490 e. The van der Waals surface area contributed by atoms with Crippen molar-refractivity contribution in [3.8, 4) is 11.5 Å². The maximum atomic E-state index is 12.5. The Hall–Kier alpha value is -2.58. The van der Waals surface area contributed by atoms with E-state index < -0.39 is 10.8 Å². The molecule has 1 atom stereocenters. The van der Waals surface area contributed by atoms with E-state index in [4.69, 9.17) is 13.9 Å². The molecule has 1 N–H and O–H groups in total. The van der Waals surface area contributed by atoms with Crippen LogP contribution in [0.4, 0.5) is 0 Å². The lowest BCUT2D eigenvalue weighted by Gasteiger charge is -2.12. The van der Waals surface area contributed by atoms with Gasteiger partial charge in [0, 0.05) is 15.9 Å². The molecule has 0 saturated heterocycles. The molecule has 2 aromatic carbocycles. The molecule has 32 heavy (non-hydrogen) atoms. The van der Waals surface area contributed by atoms with Gasteiger partial charge in [-0.05, 0) is 74.4 Å². The highest BCUT2D eigenvalue weighted by Gasteiger charge is 2.14. The van der Waals surface area contributed by atoms with Crippen LogP contribution in [0.3, 0.4) is 0 Å². The number of carbonyl (C=O) groups excluding carboxylic acids is 1. The predicted molar refractivity (Wildman–Crippen MR) is 128 cm³/mol. The average Bonchev–Trinajstić information content (AvgIpc) is 3.25. The van der Waals surface area contributed by atoms with Crippen molar-refractivity contribution in [1.82, 2.24) is 5.32 Å². The lowest BCUT2D eigenvalue weighted by Crippen LogP contribution is -2.25. The zero-order valence-electron chi connectivity index (χ0n) is 18.1. The van der Waals surface area contributed by atoms with Gasteiger partial charge < -0.3 is 19.2 Å². The second-order valence-electron chi connectivity index (χ2n) is 6.86. The quantitative estimate of drug-likeness (QED) is 0.380. The van der Waals surface area contributed by atoms with Crippen LogP contribution in [0.5, 0.6) is 11.5 Å². The highest BCUT2D eigenvalue weighted by atomic mass is 79.9. The van der Waals surface area contributed by atoms with E-state index in [1.54, 1.807) is 24.3 Å². The van der Waals surface area contributed by atoms with Gasteiger partial charge in [-0.3, -0.25) is 9.00 Å². The van der Waals surface area contributed by atoms with Crippen LogP contribution >= 0.6 is 15.9 Å². The molecule has 8 heteroatoms. The molecule has 0 saturated carbocycles. The monoisotopic (exact) mass is 519 g/mol. The number of hydrogen-bond acceptors (Lipinski definition) is 5. The summed E-state index contributed by atoms with van der Waals surface area (Å²) in [5.41, 5.74) is 1.03. The highest BCUT2D eigenvalue weighted by Crippen LogP contribution is 2.28. The Kier molecular flexibility index (Phi) is 8.93. The van der Waals surface area contributed by atoms with E-state index >= 15 is 0 Å². The molecule has 170 valence electrons. The maximum absolute atomic E-state index is 12.5. The Morgan fingerprint density at radius 3 is 2.44 bits per heavy atom. The molecule has 0 aliphatic heterocycles.